The first kappa shape index (κ1) is 14.7. The minimum absolute atomic E-state index is 0.0379. The molecular weight excluding hydrogens is 222 g/mol. The number of hydrogen-bond donors (Lipinski definition) is 1. The summed E-state index contributed by atoms with van der Waals surface area (Å²) >= 11 is 0. The first-order valence-electron chi connectivity index (χ1n) is 6.81. The van der Waals surface area contributed by atoms with Gasteiger partial charge in [0.15, 0.2) is 0 Å². The number of carbonyl (C=O) groups is 1. The number of nitrogens with one attached hydrogen (secondary N) is 1. The maximum absolute atomic E-state index is 12.2. The van der Waals surface area contributed by atoms with Gasteiger partial charge in [0, 0.05) is 11.1 Å². The van der Waals surface area contributed by atoms with Crippen LogP contribution < -0.4 is 5.32 Å². The van der Waals surface area contributed by atoms with E-state index in [4.69, 9.17) is 0 Å². The zero-order chi connectivity index (χ0) is 13.8. The SMILES string of the molecule is CCCC(C)(CC)NC(=O)c1ccc(C)c(C)c1. The van der Waals surface area contributed by atoms with Crippen molar-refractivity contribution in [3.8, 4) is 0 Å². The fourth-order valence-electron chi connectivity index (χ4n) is 2.11. The smallest absolute Gasteiger partial charge is 0.251 e. The third kappa shape index (κ3) is 3.59. The average Bonchev–Trinajstić information content (AvgIpc) is 2.32. The second-order valence-corrected chi connectivity index (χ2v) is 5.42. The molecule has 1 N–H and O–H groups in total. The van der Waals surface area contributed by atoms with Crippen LogP contribution in [0.5, 0.6) is 0 Å². The van der Waals surface area contributed by atoms with Crippen molar-refractivity contribution in [1.29, 1.82) is 0 Å². The molecule has 1 unspecified atom stereocenters. The van der Waals surface area contributed by atoms with Gasteiger partial charge in [-0.2, -0.15) is 0 Å². The van der Waals surface area contributed by atoms with Crippen molar-refractivity contribution in [2.24, 2.45) is 0 Å². The second kappa shape index (κ2) is 6.03. The Morgan fingerprint density at radius 1 is 1.22 bits per heavy atom. The van der Waals surface area contributed by atoms with E-state index in [0.717, 1.165) is 30.4 Å². The van der Waals surface area contributed by atoms with Gasteiger partial charge in [-0.25, -0.2) is 0 Å². The third-order valence-corrected chi connectivity index (χ3v) is 3.77. The zero-order valence-corrected chi connectivity index (χ0v) is 12.3. The van der Waals surface area contributed by atoms with Gasteiger partial charge in [-0.3, -0.25) is 4.79 Å². The molecule has 0 aliphatic carbocycles. The Hall–Kier alpha value is -1.31. The Labute approximate surface area is 111 Å². The molecule has 1 atom stereocenters. The number of aryl methyl sites for hydroxylation is 2. The fraction of sp³-hybridized carbons (Fsp3) is 0.562. The Kier molecular flexibility index (Phi) is 4.94. The summed E-state index contributed by atoms with van der Waals surface area (Å²) in [5, 5.41) is 3.17. The van der Waals surface area contributed by atoms with Gasteiger partial charge >= 0.3 is 0 Å². The van der Waals surface area contributed by atoms with E-state index < -0.39 is 0 Å². The quantitative estimate of drug-likeness (QED) is 0.837. The minimum atomic E-state index is -0.0926. The van der Waals surface area contributed by atoms with E-state index >= 15 is 0 Å². The highest BCUT2D eigenvalue weighted by Gasteiger charge is 2.23. The summed E-state index contributed by atoms with van der Waals surface area (Å²) in [6, 6.07) is 5.87. The second-order valence-electron chi connectivity index (χ2n) is 5.42. The molecule has 0 aliphatic heterocycles. The molecule has 0 fully saturated rings. The molecule has 0 radical (unpaired) electrons. The summed E-state index contributed by atoms with van der Waals surface area (Å²) in [5.41, 5.74) is 3.05. The Morgan fingerprint density at radius 3 is 2.39 bits per heavy atom. The van der Waals surface area contributed by atoms with Crippen LogP contribution in [0.25, 0.3) is 0 Å². The monoisotopic (exact) mass is 247 g/mol. The van der Waals surface area contributed by atoms with Gasteiger partial charge in [0.1, 0.15) is 0 Å². The zero-order valence-electron chi connectivity index (χ0n) is 12.3. The van der Waals surface area contributed by atoms with Crippen LogP contribution in [0.2, 0.25) is 0 Å². The number of benzene rings is 1. The van der Waals surface area contributed by atoms with E-state index in [0.29, 0.717) is 0 Å². The van der Waals surface area contributed by atoms with E-state index in [-0.39, 0.29) is 11.4 Å². The molecule has 1 aromatic rings. The number of carbonyl (C=O) groups excluding carboxylic acids is 1. The third-order valence-electron chi connectivity index (χ3n) is 3.77. The van der Waals surface area contributed by atoms with Gasteiger partial charge in [0.25, 0.3) is 5.91 Å². The minimum Gasteiger partial charge on any atom is -0.347 e. The Bertz CT molecular complexity index is 425. The fourth-order valence-corrected chi connectivity index (χ4v) is 2.11. The van der Waals surface area contributed by atoms with E-state index in [2.05, 4.69) is 33.0 Å². The molecule has 0 saturated heterocycles. The highest BCUT2D eigenvalue weighted by Crippen LogP contribution is 2.18. The maximum Gasteiger partial charge on any atom is 0.251 e. The van der Waals surface area contributed by atoms with Gasteiger partial charge < -0.3 is 5.32 Å². The molecule has 100 valence electrons. The predicted molar refractivity (Wildman–Crippen MR) is 77.0 cm³/mol. The number of hydrogen-bond acceptors (Lipinski definition) is 1. The van der Waals surface area contributed by atoms with Crippen molar-refractivity contribution >= 4 is 5.91 Å². The highest BCUT2D eigenvalue weighted by molar-refractivity contribution is 5.94. The van der Waals surface area contributed by atoms with E-state index in [1.807, 2.05) is 25.1 Å². The lowest BCUT2D eigenvalue weighted by Gasteiger charge is -2.29. The normalized spacial score (nSPS) is 14.1. The van der Waals surface area contributed by atoms with E-state index in [1.165, 1.54) is 5.56 Å². The van der Waals surface area contributed by atoms with E-state index in [1.54, 1.807) is 0 Å². The number of rotatable bonds is 5. The van der Waals surface area contributed by atoms with Crippen LogP contribution in [0.3, 0.4) is 0 Å². The molecule has 2 nitrogen and oxygen atoms in total. The molecule has 1 amide bonds. The van der Waals surface area contributed by atoms with E-state index in [9.17, 15) is 4.79 Å². The molecule has 0 aliphatic rings. The molecule has 0 spiro atoms. The van der Waals surface area contributed by atoms with Gasteiger partial charge in [-0.1, -0.05) is 26.3 Å². The predicted octanol–water partition coefficient (Wildman–Crippen LogP) is 4.00. The summed E-state index contributed by atoms with van der Waals surface area (Å²) in [4.78, 5) is 12.2. The van der Waals surface area contributed by atoms with Crippen molar-refractivity contribution in [3.63, 3.8) is 0 Å². The average molecular weight is 247 g/mol. The summed E-state index contributed by atoms with van der Waals surface area (Å²) < 4.78 is 0. The molecule has 0 bridgehead atoms. The van der Waals surface area contributed by atoms with Crippen LogP contribution in [0.1, 0.15) is 61.5 Å². The van der Waals surface area contributed by atoms with Crippen molar-refractivity contribution in [2.75, 3.05) is 0 Å². The first-order valence-corrected chi connectivity index (χ1v) is 6.81. The molecule has 0 aromatic heterocycles. The maximum atomic E-state index is 12.2. The Balaban J connectivity index is 2.84. The molecule has 2 heteroatoms. The van der Waals surface area contributed by atoms with Crippen LogP contribution in [0.15, 0.2) is 18.2 Å². The molecular formula is C16H25NO. The van der Waals surface area contributed by atoms with Crippen LogP contribution >= 0.6 is 0 Å². The molecule has 1 aromatic carbocycles. The number of amides is 1. The topological polar surface area (TPSA) is 29.1 Å². The van der Waals surface area contributed by atoms with Crippen LogP contribution in [-0.2, 0) is 0 Å². The van der Waals surface area contributed by atoms with Crippen molar-refractivity contribution in [1.82, 2.24) is 5.32 Å². The lowest BCUT2D eigenvalue weighted by atomic mass is 9.92. The van der Waals surface area contributed by atoms with Crippen LogP contribution in [0.4, 0.5) is 0 Å². The molecule has 18 heavy (non-hydrogen) atoms. The van der Waals surface area contributed by atoms with Gasteiger partial charge in [-0.05, 0) is 56.9 Å². The molecule has 1 rings (SSSR count). The van der Waals surface area contributed by atoms with Gasteiger partial charge in [0.2, 0.25) is 0 Å². The lowest BCUT2D eigenvalue weighted by molar-refractivity contribution is 0.0898. The van der Waals surface area contributed by atoms with Crippen LogP contribution in [-0.4, -0.2) is 11.4 Å². The molecule has 0 saturated carbocycles. The lowest BCUT2D eigenvalue weighted by Crippen LogP contribution is -2.45. The standard InChI is InChI=1S/C16H25NO/c1-6-10-16(5,7-2)17-15(18)14-9-8-12(3)13(4)11-14/h8-9,11H,6-7,10H2,1-5H3,(H,17,18). The summed E-state index contributed by atoms with van der Waals surface area (Å²) in [5.74, 6) is 0.0379. The summed E-state index contributed by atoms with van der Waals surface area (Å²) in [6.07, 6.45) is 3.05. The first-order chi connectivity index (χ1) is 8.41. The Morgan fingerprint density at radius 2 is 1.89 bits per heavy atom. The van der Waals surface area contributed by atoms with Crippen molar-refractivity contribution in [2.45, 2.75) is 59.4 Å². The summed E-state index contributed by atoms with van der Waals surface area (Å²) in [7, 11) is 0. The van der Waals surface area contributed by atoms with Crippen LogP contribution in [0, 0.1) is 13.8 Å². The summed E-state index contributed by atoms with van der Waals surface area (Å²) in [6.45, 7) is 10.5. The highest BCUT2D eigenvalue weighted by atomic mass is 16.1. The largest absolute Gasteiger partial charge is 0.347 e. The van der Waals surface area contributed by atoms with Gasteiger partial charge in [0.05, 0.1) is 0 Å². The van der Waals surface area contributed by atoms with Crippen molar-refractivity contribution in [3.05, 3.63) is 34.9 Å². The van der Waals surface area contributed by atoms with Crippen molar-refractivity contribution < 1.29 is 4.79 Å². The van der Waals surface area contributed by atoms with Gasteiger partial charge in [-0.15, -0.1) is 0 Å². The molecule has 0 heterocycles.